The molecule has 1 rings (SSSR count). The SMILES string of the molecule is O=C(O)CS(=O)Cc1ccc(Cl)c(Cl)c1. The van der Waals surface area contributed by atoms with E-state index in [0.29, 0.717) is 15.6 Å². The second kappa shape index (κ2) is 5.49. The zero-order valence-corrected chi connectivity index (χ0v) is 9.90. The Kier molecular flexibility index (Phi) is 4.57. The summed E-state index contributed by atoms with van der Waals surface area (Å²) in [5.41, 5.74) is 0.712. The lowest BCUT2D eigenvalue weighted by Gasteiger charge is -2.02. The Bertz CT molecular complexity index is 406. The molecule has 6 heteroatoms. The lowest BCUT2D eigenvalue weighted by molar-refractivity contribution is -0.133. The molecule has 82 valence electrons. The van der Waals surface area contributed by atoms with Crippen molar-refractivity contribution in [2.45, 2.75) is 5.75 Å². The number of carbonyl (C=O) groups is 1. The fourth-order valence-electron chi connectivity index (χ4n) is 1.00. The van der Waals surface area contributed by atoms with E-state index in [1.54, 1.807) is 18.2 Å². The highest BCUT2D eigenvalue weighted by Gasteiger charge is 2.08. The fraction of sp³-hybridized carbons (Fsp3) is 0.222. The Balaban J connectivity index is 2.69. The summed E-state index contributed by atoms with van der Waals surface area (Å²) >= 11 is 11.5. The van der Waals surface area contributed by atoms with Crippen molar-refractivity contribution < 1.29 is 14.1 Å². The molecule has 0 amide bonds. The summed E-state index contributed by atoms with van der Waals surface area (Å²) in [6.45, 7) is 0. The van der Waals surface area contributed by atoms with Crippen LogP contribution in [0.2, 0.25) is 10.0 Å². The van der Waals surface area contributed by atoms with Crippen molar-refractivity contribution in [3.63, 3.8) is 0 Å². The molecule has 1 atom stereocenters. The Hall–Kier alpha value is -0.580. The van der Waals surface area contributed by atoms with Crippen molar-refractivity contribution in [1.82, 2.24) is 0 Å². The molecule has 1 unspecified atom stereocenters. The highest BCUT2D eigenvalue weighted by Crippen LogP contribution is 2.23. The van der Waals surface area contributed by atoms with Gasteiger partial charge in [-0.3, -0.25) is 9.00 Å². The van der Waals surface area contributed by atoms with Crippen LogP contribution in [0.3, 0.4) is 0 Å². The van der Waals surface area contributed by atoms with Gasteiger partial charge in [-0.25, -0.2) is 0 Å². The molecule has 0 bridgehead atoms. The summed E-state index contributed by atoms with van der Waals surface area (Å²) in [5, 5.41) is 9.22. The Labute approximate surface area is 99.5 Å². The van der Waals surface area contributed by atoms with E-state index < -0.39 is 16.8 Å². The van der Waals surface area contributed by atoms with Gasteiger partial charge in [0.1, 0.15) is 5.75 Å². The molecule has 0 aliphatic rings. The largest absolute Gasteiger partial charge is 0.481 e. The van der Waals surface area contributed by atoms with Gasteiger partial charge in [-0.15, -0.1) is 0 Å². The molecule has 3 nitrogen and oxygen atoms in total. The summed E-state index contributed by atoms with van der Waals surface area (Å²) in [7, 11) is -1.42. The van der Waals surface area contributed by atoms with Crippen LogP contribution in [0.5, 0.6) is 0 Å². The van der Waals surface area contributed by atoms with Gasteiger partial charge in [0.15, 0.2) is 0 Å². The predicted molar refractivity (Wildman–Crippen MR) is 60.8 cm³/mol. The van der Waals surface area contributed by atoms with Crippen LogP contribution in [0.4, 0.5) is 0 Å². The van der Waals surface area contributed by atoms with Crippen LogP contribution < -0.4 is 0 Å². The van der Waals surface area contributed by atoms with Gasteiger partial charge in [0.2, 0.25) is 0 Å². The van der Waals surface area contributed by atoms with Gasteiger partial charge in [0, 0.05) is 16.6 Å². The first-order valence-corrected chi connectivity index (χ1v) is 6.24. The first-order chi connectivity index (χ1) is 6.99. The van der Waals surface area contributed by atoms with Gasteiger partial charge >= 0.3 is 5.97 Å². The standard InChI is InChI=1S/C9H8Cl2O3S/c10-7-2-1-6(3-8(7)11)4-15(14)5-9(12)13/h1-3H,4-5H2,(H,12,13). The number of hydrogen-bond donors (Lipinski definition) is 1. The fourth-order valence-corrected chi connectivity index (χ4v) is 2.25. The third-order valence-electron chi connectivity index (χ3n) is 1.60. The van der Waals surface area contributed by atoms with Crippen LogP contribution in [0.15, 0.2) is 18.2 Å². The zero-order valence-electron chi connectivity index (χ0n) is 7.57. The molecular formula is C9H8Cl2O3S. The number of rotatable bonds is 4. The number of aliphatic carboxylic acids is 1. The average Bonchev–Trinajstić information content (AvgIpc) is 2.10. The molecule has 0 heterocycles. The lowest BCUT2D eigenvalue weighted by Crippen LogP contribution is -2.10. The van der Waals surface area contributed by atoms with E-state index in [4.69, 9.17) is 28.3 Å². The summed E-state index contributed by atoms with van der Waals surface area (Å²) < 4.78 is 11.3. The first kappa shape index (κ1) is 12.5. The Morgan fingerprint density at radius 2 is 2.00 bits per heavy atom. The van der Waals surface area contributed by atoms with Crippen LogP contribution in [0, 0.1) is 0 Å². The van der Waals surface area contributed by atoms with Crippen LogP contribution >= 0.6 is 23.2 Å². The van der Waals surface area contributed by atoms with Gasteiger partial charge < -0.3 is 5.11 Å². The van der Waals surface area contributed by atoms with Crippen molar-refractivity contribution in [1.29, 1.82) is 0 Å². The number of carboxylic acids is 1. The third-order valence-corrected chi connectivity index (χ3v) is 3.56. The zero-order chi connectivity index (χ0) is 11.4. The maximum Gasteiger partial charge on any atom is 0.316 e. The van der Waals surface area contributed by atoms with E-state index in [-0.39, 0.29) is 11.5 Å². The second-order valence-electron chi connectivity index (χ2n) is 2.87. The number of hydrogen-bond acceptors (Lipinski definition) is 2. The minimum Gasteiger partial charge on any atom is -0.481 e. The van der Waals surface area contributed by atoms with Crippen LogP contribution in [-0.4, -0.2) is 21.0 Å². The average molecular weight is 267 g/mol. The minimum absolute atomic E-state index is 0.170. The maximum absolute atomic E-state index is 11.3. The minimum atomic E-state index is -1.42. The third kappa shape index (κ3) is 4.20. The molecule has 0 aromatic heterocycles. The molecule has 0 fully saturated rings. The van der Waals surface area contributed by atoms with Gasteiger partial charge in [0.05, 0.1) is 10.0 Å². The van der Waals surface area contributed by atoms with E-state index in [1.807, 2.05) is 0 Å². The molecule has 1 aromatic rings. The molecule has 1 aromatic carbocycles. The Morgan fingerprint density at radius 1 is 1.33 bits per heavy atom. The summed E-state index contributed by atoms with van der Waals surface area (Å²) in [6.07, 6.45) is 0. The molecule has 1 N–H and O–H groups in total. The molecule has 0 spiro atoms. The van der Waals surface area contributed by atoms with Crippen LogP contribution in [0.1, 0.15) is 5.56 Å². The molecular weight excluding hydrogens is 259 g/mol. The lowest BCUT2D eigenvalue weighted by atomic mass is 10.2. The predicted octanol–water partition coefficient (Wildman–Crippen LogP) is 2.33. The first-order valence-electron chi connectivity index (χ1n) is 3.99. The molecule has 0 saturated heterocycles. The summed E-state index contributed by atoms with van der Waals surface area (Å²) in [4.78, 5) is 10.3. The smallest absolute Gasteiger partial charge is 0.316 e. The van der Waals surface area contributed by atoms with Crippen molar-refractivity contribution in [3.8, 4) is 0 Å². The van der Waals surface area contributed by atoms with E-state index >= 15 is 0 Å². The van der Waals surface area contributed by atoms with Gasteiger partial charge in [0.25, 0.3) is 0 Å². The number of halogens is 2. The molecule has 15 heavy (non-hydrogen) atoms. The van der Waals surface area contributed by atoms with Gasteiger partial charge in [-0.2, -0.15) is 0 Å². The molecule has 0 aliphatic heterocycles. The monoisotopic (exact) mass is 266 g/mol. The van der Waals surface area contributed by atoms with E-state index in [0.717, 1.165) is 0 Å². The van der Waals surface area contributed by atoms with Crippen LogP contribution in [0.25, 0.3) is 0 Å². The molecule has 0 saturated carbocycles. The highest BCUT2D eigenvalue weighted by atomic mass is 35.5. The second-order valence-corrected chi connectivity index (χ2v) is 5.14. The summed E-state index contributed by atoms with van der Waals surface area (Å²) in [6, 6.07) is 4.86. The van der Waals surface area contributed by atoms with E-state index in [2.05, 4.69) is 0 Å². The summed E-state index contributed by atoms with van der Waals surface area (Å²) in [5.74, 6) is -1.27. The van der Waals surface area contributed by atoms with E-state index in [1.165, 1.54) is 0 Å². The normalized spacial score (nSPS) is 12.4. The quantitative estimate of drug-likeness (QED) is 0.910. The van der Waals surface area contributed by atoms with Crippen molar-refractivity contribution >= 4 is 40.0 Å². The maximum atomic E-state index is 11.3. The number of benzene rings is 1. The van der Waals surface area contributed by atoms with Crippen molar-refractivity contribution in [2.75, 3.05) is 5.75 Å². The van der Waals surface area contributed by atoms with Crippen molar-refractivity contribution in [2.24, 2.45) is 0 Å². The highest BCUT2D eigenvalue weighted by molar-refractivity contribution is 7.84. The van der Waals surface area contributed by atoms with Crippen LogP contribution in [-0.2, 0) is 21.3 Å². The van der Waals surface area contributed by atoms with Gasteiger partial charge in [-0.1, -0.05) is 29.3 Å². The molecule has 0 radical (unpaired) electrons. The van der Waals surface area contributed by atoms with Crippen molar-refractivity contribution in [3.05, 3.63) is 33.8 Å². The Morgan fingerprint density at radius 3 is 2.53 bits per heavy atom. The topological polar surface area (TPSA) is 54.4 Å². The van der Waals surface area contributed by atoms with E-state index in [9.17, 15) is 9.00 Å². The molecule has 0 aliphatic carbocycles. The van der Waals surface area contributed by atoms with Gasteiger partial charge in [-0.05, 0) is 17.7 Å². The number of carboxylic acid groups (broad SMARTS) is 1.